The molecule has 2 N–H and O–H groups in total. The monoisotopic (exact) mass is 624 g/mol. The molecule has 5 rings (SSSR count). The van der Waals surface area contributed by atoms with Crippen LogP contribution in [0.2, 0.25) is 5.02 Å². The summed E-state index contributed by atoms with van der Waals surface area (Å²) in [4.78, 5) is 27.0. The largest absolute Gasteiger partial charge is 0.434 e. The summed E-state index contributed by atoms with van der Waals surface area (Å²) in [5, 5.41) is 7.16. The number of allylic oxidation sites excluding steroid dienone is 1. The molecule has 1 aromatic heterocycles. The first-order chi connectivity index (χ1) is 20.8. The molecule has 2 aromatic carbocycles. The zero-order valence-electron chi connectivity index (χ0n) is 23.5. The number of nitrogens with one attached hydrogen (secondary N) is 2. The molecule has 2 aliphatic heterocycles. The molecule has 224 valence electrons. The van der Waals surface area contributed by atoms with Crippen LogP contribution in [0.3, 0.4) is 0 Å². The Kier molecular flexibility index (Phi) is 9.86. The molecule has 3 aromatic rings. The lowest BCUT2D eigenvalue weighted by Gasteiger charge is -2.36. The Hall–Kier alpha value is -4.06. The second kappa shape index (κ2) is 13.9. The average Bonchev–Trinajstić information content (AvgIpc) is 3.42. The van der Waals surface area contributed by atoms with Gasteiger partial charge < -0.3 is 20.3 Å². The summed E-state index contributed by atoms with van der Waals surface area (Å²) in [6, 6.07) is 15.1. The van der Waals surface area contributed by atoms with E-state index in [9.17, 15) is 13.6 Å². The molecule has 2 aliphatic rings. The lowest BCUT2D eigenvalue weighted by atomic mass is 10.0. The molecular formula is C31H31ClF2N6O2S. The van der Waals surface area contributed by atoms with E-state index in [1.807, 2.05) is 18.2 Å². The minimum Gasteiger partial charge on any atom is -0.434 e. The number of nitrogens with zero attached hydrogens (tertiary/aromatic N) is 4. The van der Waals surface area contributed by atoms with Crippen LogP contribution < -0.4 is 20.3 Å². The number of carbonyl (C=O) groups is 1. The van der Waals surface area contributed by atoms with E-state index in [2.05, 4.69) is 51.2 Å². The number of hydrogen-bond acceptors (Lipinski definition) is 8. The van der Waals surface area contributed by atoms with Crippen molar-refractivity contribution in [1.29, 1.82) is 0 Å². The molecule has 0 saturated carbocycles. The first-order valence-electron chi connectivity index (χ1n) is 13.7. The SMILES string of the molecule is C=C/C(C(=O)Nc1sc(N2CCC(N(C)Cc3ccccc3)CC2)nc1-c1cc(Cl)ccc1OC(F)F)=C1/N=CC=CN1. The van der Waals surface area contributed by atoms with Crippen molar-refractivity contribution in [3.05, 3.63) is 95.4 Å². The van der Waals surface area contributed by atoms with Gasteiger partial charge in [-0.3, -0.25) is 9.69 Å². The van der Waals surface area contributed by atoms with Crippen molar-refractivity contribution in [3.8, 4) is 17.0 Å². The van der Waals surface area contributed by atoms with E-state index in [1.54, 1.807) is 18.5 Å². The van der Waals surface area contributed by atoms with E-state index in [-0.39, 0.29) is 22.6 Å². The first-order valence-corrected chi connectivity index (χ1v) is 14.9. The highest BCUT2D eigenvalue weighted by atomic mass is 35.5. The molecule has 1 amide bonds. The summed E-state index contributed by atoms with van der Waals surface area (Å²) in [6.07, 6.45) is 8.14. The summed E-state index contributed by atoms with van der Waals surface area (Å²) in [5.41, 5.74) is 1.99. The number of rotatable bonds is 10. The van der Waals surface area contributed by atoms with Crippen LogP contribution in [0.1, 0.15) is 18.4 Å². The molecule has 0 aliphatic carbocycles. The van der Waals surface area contributed by atoms with E-state index < -0.39 is 12.5 Å². The van der Waals surface area contributed by atoms with Crippen LogP contribution in [-0.2, 0) is 11.3 Å². The Bertz CT molecular complexity index is 1550. The van der Waals surface area contributed by atoms with Crippen molar-refractivity contribution in [2.45, 2.75) is 32.0 Å². The van der Waals surface area contributed by atoms with Crippen LogP contribution in [0.4, 0.5) is 18.9 Å². The van der Waals surface area contributed by atoms with Gasteiger partial charge in [-0.15, -0.1) is 0 Å². The molecule has 0 bridgehead atoms. The van der Waals surface area contributed by atoms with Gasteiger partial charge in [0.1, 0.15) is 22.3 Å². The molecule has 0 spiro atoms. The van der Waals surface area contributed by atoms with Crippen molar-refractivity contribution < 1.29 is 18.3 Å². The van der Waals surface area contributed by atoms with E-state index in [1.165, 1.54) is 41.2 Å². The van der Waals surface area contributed by atoms with E-state index in [0.29, 0.717) is 27.0 Å². The number of benzene rings is 2. The van der Waals surface area contributed by atoms with Crippen molar-refractivity contribution in [1.82, 2.24) is 15.2 Å². The van der Waals surface area contributed by atoms with Gasteiger partial charge >= 0.3 is 6.61 Å². The predicted octanol–water partition coefficient (Wildman–Crippen LogP) is 6.69. The summed E-state index contributed by atoms with van der Waals surface area (Å²) >= 11 is 7.54. The number of anilines is 2. The zero-order valence-corrected chi connectivity index (χ0v) is 25.0. The van der Waals surface area contributed by atoms with Gasteiger partial charge in [0, 0.05) is 48.7 Å². The fraction of sp³-hybridized carbons (Fsp3) is 0.258. The normalized spacial score (nSPS) is 16.4. The van der Waals surface area contributed by atoms with E-state index >= 15 is 0 Å². The van der Waals surface area contributed by atoms with Crippen molar-refractivity contribution in [3.63, 3.8) is 0 Å². The average molecular weight is 625 g/mol. The highest BCUT2D eigenvalue weighted by Gasteiger charge is 2.28. The molecule has 1 saturated heterocycles. The van der Waals surface area contributed by atoms with Crippen LogP contribution in [0, 0.1) is 0 Å². The highest BCUT2D eigenvalue weighted by Crippen LogP contribution is 2.43. The number of aromatic nitrogens is 1. The third-order valence-electron chi connectivity index (χ3n) is 7.20. The van der Waals surface area contributed by atoms with Gasteiger partial charge in [-0.05, 0) is 49.7 Å². The third kappa shape index (κ3) is 7.48. The number of halogens is 3. The summed E-state index contributed by atoms with van der Waals surface area (Å²) in [7, 11) is 2.14. The standard InChI is InChI=1S/C31H31ClF2N6O2S/c1-3-23(27-35-14-7-15-36-27)28(41)38-29-26(24-18-21(32)10-11-25(24)42-30(33)34)37-31(43-29)40-16-12-22(13-17-40)39(2)19-20-8-5-4-6-9-20/h3-11,14-15,18,22,30,35H,1,12-13,16-17,19H2,2H3,(H,38,41)/b27-23-. The number of alkyl halides is 2. The fourth-order valence-electron chi connectivity index (χ4n) is 5.04. The quantitative estimate of drug-likeness (QED) is 0.245. The molecular weight excluding hydrogens is 594 g/mol. The molecule has 12 heteroatoms. The van der Waals surface area contributed by atoms with Gasteiger partial charge in [0.15, 0.2) is 5.13 Å². The number of amides is 1. The number of hydrogen-bond donors (Lipinski definition) is 2. The van der Waals surface area contributed by atoms with Crippen LogP contribution in [0.25, 0.3) is 11.3 Å². The summed E-state index contributed by atoms with van der Waals surface area (Å²) < 4.78 is 31.4. The van der Waals surface area contributed by atoms with E-state index in [0.717, 1.165) is 32.5 Å². The molecule has 0 unspecified atom stereocenters. The minimum atomic E-state index is -3.05. The summed E-state index contributed by atoms with van der Waals surface area (Å²) in [6.45, 7) is 3.06. The maximum Gasteiger partial charge on any atom is 0.387 e. The second-order valence-corrected chi connectivity index (χ2v) is 11.4. The van der Waals surface area contributed by atoms with Crippen LogP contribution >= 0.6 is 22.9 Å². The number of carbonyl (C=O) groups excluding carboxylic acids is 1. The fourth-order valence-corrected chi connectivity index (χ4v) is 6.23. The number of aliphatic imine (C=N–C) groups is 1. The Morgan fingerprint density at radius 3 is 2.72 bits per heavy atom. The van der Waals surface area contributed by atoms with Crippen LogP contribution in [0.15, 0.2) is 89.8 Å². The van der Waals surface area contributed by atoms with E-state index in [4.69, 9.17) is 21.3 Å². The zero-order chi connectivity index (χ0) is 30.3. The van der Waals surface area contributed by atoms with Crippen molar-refractivity contribution >= 4 is 45.2 Å². The lowest BCUT2D eigenvalue weighted by Crippen LogP contribution is -2.43. The third-order valence-corrected chi connectivity index (χ3v) is 8.47. The molecule has 43 heavy (non-hydrogen) atoms. The Balaban J connectivity index is 1.42. The number of piperidine rings is 1. The first kappa shape index (κ1) is 30.4. The van der Waals surface area contributed by atoms with Crippen molar-refractivity contribution in [2.75, 3.05) is 30.4 Å². The Labute approximate surface area is 258 Å². The van der Waals surface area contributed by atoms with Gasteiger partial charge in [0.2, 0.25) is 0 Å². The molecule has 0 radical (unpaired) electrons. The maximum atomic E-state index is 13.4. The van der Waals surface area contributed by atoms with Crippen LogP contribution in [-0.4, -0.2) is 54.8 Å². The van der Waals surface area contributed by atoms with Gasteiger partial charge in [0.25, 0.3) is 5.91 Å². The van der Waals surface area contributed by atoms with Gasteiger partial charge in [-0.25, -0.2) is 9.98 Å². The number of ether oxygens (including phenoxy) is 1. The second-order valence-electron chi connectivity index (χ2n) is 10.0. The van der Waals surface area contributed by atoms with Gasteiger partial charge in [-0.2, -0.15) is 8.78 Å². The molecule has 3 heterocycles. The predicted molar refractivity (Wildman–Crippen MR) is 169 cm³/mol. The van der Waals surface area contributed by atoms with Gasteiger partial charge in [0.05, 0.1) is 5.57 Å². The smallest absolute Gasteiger partial charge is 0.387 e. The maximum absolute atomic E-state index is 13.4. The molecule has 8 nitrogen and oxygen atoms in total. The molecule has 0 atom stereocenters. The topological polar surface area (TPSA) is 82.1 Å². The van der Waals surface area contributed by atoms with Crippen molar-refractivity contribution in [2.24, 2.45) is 4.99 Å². The lowest BCUT2D eigenvalue weighted by molar-refractivity contribution is -0.112. The highest BCUT2D eigenvalue weighted by molar-refractivity contribution is 7.20. The van der Waals surface area contributed by atoms with Gasteiger partial charge in [-0.1, -0.05) is 65.9 Å². The summed E-state index contributed by atoms with van der Waals surface area (Å²) in [5.74, 6) is -0.257. The minimum absolute atomic E-state index is 0.0982. The number of thiazole rings is 1. The Morgan fingerprint density at radius 2 is 2.05 bits per heavy atom. The van der Waals surface area contributed by atoms with Crippen LogP contribution in [0.5, 0.6) is 5.75 Å². The Morgan fingerprint density at radius 1 is 1.28 bits per heavy atom. The molecule has 1 fully saturated rings.